The van der Waals surface area contributed by atoms with Crippen molar-refractivity contribution >= 4 is 33.7 Å². The highest BCUT2D eigenvalue weighted by molar-refractivity contribution is 7.84. The van der Waals surface area contributed by atoms with Gasteiger partial charge in [0.05, 0.1) is 17.7 Å². The van der Waals surface area contributed by atoms with E-state index >= 15 is 0 Å². The maximum Gasteiger partial charge on any atom is 0.227 e. The highest BCUT2D eigenvalue weighted by Crippen LogP contribution is 2.28. The fraction of sp³-hybridized carbons (Fsp3) is 0.263. The van der Waals surface area contributed by atoms with Crippen LogP contribution in [0.5, 0.6) is 0 Å². The van der Waals surface area contributed by atoms with Crippen molar-refractivity contribution in [2.75, 3.05) is 17.2 Å². The van der Waals surface area contributed by atoms with E-state index in [1.807, 2.05) is 40.6 Å². The van der Waals surface area contributed by atoms with Gasteiger partial charge in [-0.3, -0.25) is 9.00 Å². The second-order valence-electron chi connectivity index (χ2n) is 6.08. The van der Waals surface area contributed by atoms with Crippen LogP contribution in [0, 0.1) is 0 Å². The van der Waals surface area contributed by atoms with Gasteiger partial charge in [-0.25, -0.2) is 4.98 Å². The molecule has 1 unspecified atom stereocenters. The van der Waals surface area contributed by atoms with Gasteiger partial charge in [-0.1, -0.05) is 18.2 Å². The van der Waals surface area contributed by atoms with Crippen LogP contribution in [0.1, 0.15) is 17.7 Å². The van der Waals surface area contributed by atoms with Crippen molar-refractivity contribution in [1.82, 2.24) is 4.98 Å². The lowest BCUT2D eigenvalue weighted by atomic mass is 10.2. The van der Waals surface area contributed by atoms with E-state index in [0.29, 0.717) is 18.1 Å². The van der Waals surface area contributed by atoms with Crippen molar-refractivity contribution in [3.05, 3.63) is 59.3 Å². The monoisotopic (exact) mass is 386 g/mol. The molecule has 26 heavy (non-hydrogen) atoms. The van der Waals surface area contributed by atoms with Gasteiger partial charge < -0.3 is 9.32 Å². The topological polar surface area (TPSA) is 63.4 Å². The average molecular weight is 386 g/mol. The molecule has 1 aliphatic rings. The van der Waals surface area contributed by atoms with Crippen LogP contribution in [0.2, 0.25) is 0 Å². The predicted octanol–water partition coefficient (Wildman–Crippen LogP) is 3.63. The quantitative estimate of drug-likeness (QED) is 0.649. The van der Waals surface area contributed by atoms with E-state index in [4.69, 9.17) is 4.42 Å². The van der Waals surface area contributed by atoms with Crippen molar-refractivity contribution in [2.24, 2.45) is 0 Å². The van der Waals surface area contributed by atoms with Crippen molar-refractivity contribution in [2.45, 2.75) is 18.6 Å². The van der Waals surface area contributed by atoms with E-state index in [1.165, 1.54) is 16.9 Å². The largest absolute Gasteiger partial charge is 0.462 e. The van der Waals surface area contributed by atoms with E-state index in [1.54, 1.807) is 6.26 Å². The number of benzene rings is 1. The van der Waals surface area contributed by atoms with Crippen molar-refractivity contribution in [3.8, 4) is 10.8 Å². The van der Waals surface area contributed by atoms with Crippen LogP contribution in [-0.2, 0) is 27.8 Å². The Morgan fingerprint density at radius 1 is 1.27 bits per heavy atom. The third-order valence-electron chi connectivity index (χ3n) is 4.32. The molecule has 0 fully saturated rings. The van der Waals surface area contributed by atoms with Crippen LogP contribution in [0.3, 0.4) is 0 Å². The van der Waals surface area contributed by atoms with Gasteiger partial charge in [0, 0.05) is 40.6 Å². The molecule has 1 atom stereocenters. The number of anilines is 1. The molecule has 2 aromatic heterocycles. The number of hydrogen-bond donors (Lipinski definition) is 0. The molecule has 1 aromatic carbocycles. The number of furan rings is 1. The molecule has 3 aromatic rings. The maximum absolute atomic E-state index is 12.5. The summed E-state index contributed by atoms with van der Waals surface area (Å²) < 4.78 is 17.7. The Morgan fingerprint density at radius 3 is 3.00 bits per heavy atom. The summed E-state index contributed by atoms with van der Waals surface area (Å²) in [5.74, 6) is 1.47. The molecule has 7 heteroatoms. The Hall–Kier alpha value is -2.25. The number of fused-ring (bicyclic) bond motifs is 1. The van der Waals surface area contributed by atoms with Crippen molar-refractivity contribution < 1.29 is 13.4 Å². The third-order valence-corrected chi connectivity index (χ3v) is 6.51. The number of carbonyl (C=O) groups excluding carboxylic acids is 1. The molecular weight excluding hydrogens is 368 g/mol. The van der Waals surface area contributed by atoms with Gasteiger partial charge in [0.2, 0.25) is 5.91 Å². The molecule has 1 aliphatic heterocycles. The van der Waals surface area contributed by atoms with Gasteiger partial charge in [-0.2, -0.15) is 0 Å². The van der Waals surface area contributed by atoms with Gasteiger partial charge in [0.15, 0.2) is 10.8 Å². The number of rotatable bonds is 6. The first-order chi connectivity index (χ1) is 12.7. The molecule has 5 nitrogen and oxygen atoms in total. The van der Waals surface area contributed by atoms with E-state index < -0.39 is 10.8 Å². The first kappa shape index (κ1) is 17.2. The van der Waals surface area contributed by atoms with Crippen LogP contribution in [0.25, 0.3) is 10.8 Å². The first-order valence-electron chi connectivity index (χ1n) is 8.42. The minimum absolute atomic E-state index is 0.0397. The summed E-state index contributed by atoms with van der Waals surface area (Å²) in [7, 11) is -1.12. The highest BCUT2D eigenvalue weighted by atomic mass is 32.2. The van der Waals surface area contributed by atoms with Gasteiger partial charge >= 0.3 is 0 Å². The van der Waals surface area contributed by atoms with Crippen LogP contribution >= 0.6 is 11.3 Å². The fourth-order valence-corrected chi connectivity index (χ4v) is 4.97. The molecule has 0 bridgehead atoms. The Kier molecular flexibility index (Phi) is 4.99. The zero-order valence-electron chi connectivity index (χ0n) is 14.1. The molecule has 0 radical (unpaired) electrons. The minimum atomic E-state index is -1.12. The van der Waals surface area contributed by atoms with E-state index in [0.717, 1.165) is 28.6 Å². The minimum Gasteiger partial charge on any atom is -0.462 e. The number of carbonyl (C=O) groups is 1. The first-order valence-corrected chi connectivity index (χ1v) is 10.8. The second kappa shape index (κ2) is 7.55. The summed E-state index contributed by atoms with van der Waals surface area (Å²) in [5, 5.41) is 2.68. The second-order valence-corrected chi connectivity index (χ2v) is 8.52. The number of thiazole rings is 1. The number of amides is 1. The summed E-state index contributed by atoms with van der Waals surface area (Å²) in [6, 6.07) is 11.6. The van der Waals surface area contributed by atoms with Crippen molar-refractivity contribution in [1.29, 1.82) is 0 Å². The predicted molar refractivity (Wildman–Crippen MR) is 104 cm³/mol. The summed E-state index contributed by atoms with van der Waals surface area (Å²) in [6.45, 7) is 0.712. The summed E-state index contributed by atoms with van der Waals surface area (Å²) in [4.78, 5) is 18.8. The Balaban J connectivity index is 1.31. The zero-order chi connectivity index (χ0) is 17.9. The Morgan fingerprint density at radius 2 is 2.15 bits per heavy atom. The number of aromatic nitrogens is 1. The van der Waals surface area contributed by atoms with Gasteiger partial charge in [-0.15, -0.1) is 11.3 Å². The van der Waals surface area contributed by atoms with Gasteiger partial charge in [0.25, 0.3) is 0 Å². The van der Waals surface area contributed by atoms with Crippen LogP contribution < -0.4 is 4.90 Å². The molecule has 134 valence electrons. The number of para-hydroxylation sites is 1. The lowest BCUT2D eigenvalue weighted by molar-refractivity contribution is -0.118. The normalized spacial score (nSPS) is 14.4. The van der Waals surface area contributed by atoms with Gasteiger partial charge in [-0.05, 0) is 30.2 Å². The van der Waals surface area contributed by atoms with Crippen LogP contribution in [0.15, 0.2) is 52.5 Å². The Bertz CT molecular complexity index is 934. The lowest BCUT2D eigenvalue weighted by Crippen LogP contribution is -2.29. The molecule has 0 spiro atoms. The summed E-state index contributed by atoms with van der Waals surface area (Å²) in [5.41, 5.74) is 2.97. The molecular formula is C19H18N2O3S2. The van der Waals surface area contributed by atoms with Crippen LogP contribution in [-0.4, -0.2) is 27.4 Å². The molecule has 1 amide bonds. The average Bonchev–Trinajstić information content (AvgIpc) is 3.39. The van der Waals surface area contributed by atoms with Crippen molar-refractivity contribution in [3.63, 3.8) is 0 Å². The molecule has 0 saturated heterocycles. The van der Waals surface area contributed by atoms with Gasteiger partial charge in [0.1, 0.15) is 0 Å². The standard InChI is InChI=1S/C19H18N2O3S2/c22-18(21-9-7-14-4-1-2-5-16(14)21)8-11-26(23)13-15-12-25-19(20-15)17-6-3-10-24-17/h1-6,10,12H,7-9,11,13H2. The van der Waals surface area contributed by atoms with Crippen LogP contribution in [0.4, 0.5) is 5.69 Å². The molecule has 3 heterocycles. The summed E-state index contributed by atoms with van der Waals surface area (Å²) in [6.07, 6.45) is 2.78. The lowest BCUT2D eigenvalue weighted by Gasteiger charge is -2.17. The number of hydrogen-bond acceptors (Lipinski definition) is 5. The summed E-state index contributed by atoms with van der Waals surface area (Å²) >= 11 is 1.47. The Labute approximate surface area is 158 Å². The molecule has 0 saturated carbocycles. The zero-order valence-corrected chi connectivity index (χ0v) is 15.7. The van der Waals surface area contributed by atoms with E-state index in [2.05, 4.69) is 11.1 Å². The smallest absolute Gasteiger partial charge is 0.227 e. The maximum atomic E-state index is 12.5. The fourth-order valence-electron chi connectivity index (χ4n) is 3.06. The van der Waals surface area contributed by atoms with E-state index in [9.17, 15) is 9.00 Å². The highest BCUT2D eigenvalue weighted by Gasteiger charge is 2.24. The third kappa shape index (κ3) is 3.64. The number of nitrogens with zero attached hydrogens (tertiary/aromatic N) is 2. The SMILES string of the molecule is O=C(CCS(=O)Cc1csc(-c2ccco2)n1)N1CCc2ccccc21. The molecule has 0 aliphatic carbocycles. The molecule has 0 N–H and O–H groups in total. The molecule has 4 rings (SSSR count). The van der Waals surface area contributed by atoms with E-state index in [-0.39, 0.29) is 12.3 Å².